The molecule has 0 amide bonds. The van der Waals surface area contributed by atoms with E-state index in [0.717, 1.165) is 36.2 Å². The molecule has 0 aromatic heterocycles. The van der Waals surface area contributed by atoms with Crippen molar-refractivity contribution in [3.63, 3.8) is 0 Å². The van der Waals surface area contributed by atoms with E-state index in [2.05, 4.69) is 13.5 Å². The Balaban J connectivity index is -0.000000322. The predicted molar refractivity (Wildman–Crippen MR) is 117 cm³/mol. The molecule has 2 nitrogen and oxygen atoms in total. The van der Waals surface area contributed by atoms with Crippen molar-refractivity contribution in [2.75, 3.05) is 6.54 Å². The quantitative estimate of drug-likeness (QED) is 0.539. The number of hydrogen-bond acceptors (Lipinski definition) is 2. The highest BCUT2D eigenvalue weighted by molar-refractivity contribution is 5.14. The second-order valence-electron chi connectivity index (χ2n) is 6.81. The van der Waals surface area contributed by atoms with Gasteiger partial charge in [0.2, 0.25) is 0 Å². The Labute approximate surface area is 160 Å². The zero-order chi connectivity index (χ0) is 20.5. The molecule has 2 heteroatoms. The molecule has 0 heterocycles. The average Bonchev–Trinajstić information content (AvgIpc) is 2.59. The molecule has 2 rings (SSSR count). The summed E-state index contributed by atoms with van der Waals surface area (Å²) in [4.78, 5) is 0. The van der Waals surface area contributed by atoms with E-state index < -0.39 is 0 Å². The van der Waals surface area contributed by atoms with Crippen molar-refractivity contribution >= 4 is 0 Å². The van der Waals surface area contributed by atoms with Crippen LogP contribution in [0.25, 0.3) is 0 Å². The first-order chi connectivity index (χ1) is 11.9. The minimum Gasteiger partial charge on any atom is -0.390 e. The Morgan fingerprint density at radius 2 is 1.44 bits per heavy atom. The predicted octanol–water partition coefficient (Wildman–Crippen LogP) is 6.74. The molecule has 2 aliphatic carbocycles. The van der Waals surface area contributed by atoms with E-state index >= 15 is 0 Å². The molecule has 2 aliphatic rings. The Morgan fingerprint density at radius 1 is 1.04 bits per heavy atom. The van der Waals surface area contributed by atoms with Crippen molar-refractivity contribution in [2.24, 2.45) is 23.5 Å². The first-order valence-electron chi connectivity index (χ1n) is 10.6. The van der Waals surface area contributed by atoms with Crippen LogP contribution in [0.1, 0.15) is 94.4 Å². The monoisotopic (exact) mass is 355 g/mol. The van der Waals surface area contributed by atoms with Gasteiger partial charge in [-0.2, -0.15) is 0 Å². The van der Waals surface area contributed by atoms with Crippen LogP contribution < -0.4 is 5.73 Å². The van der Waals surface area contributed by atoms with Gasteiger partial charge in [-0.05, 0) is 69.3 Å². The van der Waals surface area contributed by atoms with Crippen molar-refractivity contribution in [1.29, 1.82) is 0 Å². The van der Waals surface area contributed by atoms with E-state index in [1.54, 1.807) is 0 Å². The third-order valence-corrected chi connectivity index (χ3v) is 4.26. The first kappa shape index (κ1) is 29.2. The lowest BCUT2D eigenvalue weighted by Gasteiger charge is -2.44. The van der Waals surface area contributed by atoms with Gasteiger partial charge in [-0.1, -0.05) is 67.2 Å². The number of rotatable bonds is 2. The number of allylic oxidation sites excluding steroid dienone is 1. The fraction of sp³-hybridized carbons (Fsp3) is 0.826. The van der Waals surface area contributed by atoms with Crippen LogP contribution in [0.3, 0.4) is 0 Å². The molecule has 0 aromatic rings. The Morgan fingerprint density at radius 3 is 1.72 bits per heavy atom. The molecule has 152 valence electrons. The van der Waals surface area contributed by atoms with Gasteiger partial charge in [-0.25, -0.2) is 0 Å². The molecule has 2 bridgehead atoms. The van der Waals surface area contributed by atoms with Crippen molar-refractivity contribution in [3.05, 3.63) is 24.3 Å². The maximum Gasteiger partial charge on any atom is 0.0625 e. The summed E-state index contributed by atoms with van der Waals surface area (Å²) in [5, 5.41) is 9.97. The van der Waals surface area contributed by atoms with Crippen LogP contribution in [0.15, 0.2) is 24.3 Å². The zero-order valence-electron chi connectivity index (χ0n) is 18.9. The van der Waals surface area contributed by atoms with Crippen LogP contribution in [0, 0.1) is 17.8 Å². The Bertz CT molecular complexity index is 300. The number of fused-ring (bicyclic) bond motifs is 2. The molecular weight excluding hydrogens is 306 g/mol. The summed E-state index contributed by atoms with van der Waals surface area (Å²) in [6.45, 7) is 22.5. The Kier molecular flexibility index (Phi) is 21.2. The van der Waals surface area contributed by atoms with Gasteiger partial charge in [0.15, 0.2) is 0 Å². The van der Waals surface area contributed by atoms with E-state index in [1.165, 1.54) is 19.3 Å². The summed E-state index contributed by atoms with van der Waals surface area (Å²) in [5.74, 6) is 2.55. The molecule has 25 heavy (non-hydrogen) atoms. The average molecular weight is 356 g/mol. The summed E-state index contributed by atoms with van der Waals surface area (Å²) in [5.41, 5.74) is 5.84. The first-order valence-corrected chi connectivity index (χ1v) is 10.6. The highest BCUT2D eigenvalue weighted by atomic mass is 16.3. The van der Waals surface area contributed by atoms with E-state index in [4.69, 9.17) is 5.73 Å². The fourth-order valence-corrected chi connectivity index (χ4v) is 3.86. The van der Waals surface area contributed by atoms with Crippen LogP contribution in [0.2, 0.25) is 0 Å². The highest BCUT2D eigenvalue weighted by Gasteiger charge is 2.39. The normalized spacial score (nSPS) is 29.3. The summed E-state index contributed by atoms with van der Waals surface area (Å²) in [6.07, 6.45) is 10.0. The second-order valence-corrected chi connectivity index (χ2v) is 6.81. The Hall–Kier alpha value is -0.600. The van der Waals surface area contributed by atoms with Gasteiger partial charge >= 0.3 is 0 Å². The van der Waals surface area contributed by atoms with Gasteiger partial charge in [-0.15, -0.1) is 0 Å². The third kappa shape index (κ3) is 15.4. The molecule has 2 fully saturated rings. The SMILES string of the molecule is C=C(/C=C\C)CN.CC.CC.CC.CC1CC2CC(C1)CC(C)(O)C2. The molecule has 0 saturated heterocycles. The van der Waals surface area contributed by atoms with E-state index in [0.29, 0.717) is 6.54 Å². The zero-order valence-corrected chi connectivity index (χ0v) is 18.9. The van der Waals surface area contributed by atoms with E-state index in [-0.39, 0.29) is 5.60 Å². The van der Waals surface area contributed by atoms with Crippen LogP contribution in [0.4, 0.5) is 0 Å². The fourth-order valence-electron chi connectivity index (χ4n) is 3.86. The maximum absolute atomic E-state index is 9.97. The minimum absolute atomic E-state index is 0.340. The van der Waals surface area contributed by atoms with Crippen LogP contribution in [-0.4, -0.2) is 17.3 Å². The summed E-state index contributed by atoms with van der Waals surface area (Å²) < 4.78 is 0. The van der Waals surface area contributed by atoms with Crippen molar-refractivity contribution in [3.8, 4) is 0 Å². The standard InChI is InChI=1S/C11H20O.C6H11N.3C2H6/c1-8-3-9-5-10(4-8)7-11(2,12)6-9;1-3-4-6(2)5-7;3*1-2/h8-10,12H,3-7H2,1-2H3;3-4H,2,5,7H2,1H3;3*1-2H3/b;4-3-;;;. The van der Waals surface area contributed by atoms with Gasteiger partial charge in [0.05, 0.1) is 5.60 Å². The van der Waals surface area contributed by atoms with Crippen LogP contribution in [-0.2, 0) is 0 Å². The third-order valence-electron chi connectivity index (χ3n) is 4.26. The summed E-state index contributed by atoms with van der Waals surface area (Å²) in [6, 6.07) is 0. The van der Waals surface area contributed by atoms with Crippen LogP contribution >= 0.6 is 0 Å². The number of hydrogen-bond donors (Lipinski definition) is 2. The molecule has 3 N–H and O–H groups in total. The van der Waals surface area contributed by atoms with Gasteiger partial charge in [0, 0.05) is 6.54 Å². The van der Waals surface area contributed by atoms with Crippen molar-refractivity contribution in [2.45, 2.75) is 100 Å². The van der Waals surface area contributed by atoms with Crippen LogP contribution in [0.5, 0.6) is 0 Å². The smallest absolute Gasteiger partial charge is 0.0625 e. The molecular formula is C23H49NO. The molecule has 0 spiro atoms. The largest absolute Gasteiger partial charge is 0.390 e. The minimum atomic E-state index is -0.340. The summed E-state index contributed by atoms with van der Waals surface area (Å²) in [7, 11) is 0. The molecule has 0 aromatic carbocycles. The van der Waals surface area contributed by atoms with Crippen molar-refractivity contribution in [1.82, 2.24) is 0 Å². The maximum atomic E-state index is 9.97. The van der Waals surface area contributed by atoms with Gasteiger partial charge < -0.3 is 10.8 Å². The molecule has 2 atom stereocenters. The molecule has 0 radical (unpaired) electrons. The van der Waals surface area contributed by atoms with Gasteiger partial charge in [0.1, 0.15) is 0 Å². The van der Waals surface area contributed by atoms with E-state index in [1.807, 2.05) is 67.5 Å². The lowest BCUT2D eigenvalue weighted by molar-refractivity contribution is -0.0458. The molecule has 2 unspecified atom stereocenters. The molecule has 0 aliphatic heterocycles. The molecule has 2 saturated carbocycles. The highest BCUT2D eigenvalue weighted by Crippen LogP contribution is 2.46. The topological polar surface area (TPSA) is 46.2 Å². The van der Waals surface area contributed by atoms with Crippen molar-refractivity contribution < 1.29 is 5.11 Å². The number of nitrogens with two attached hydrogens (primary N) is 1. The lowest BCUT2D eigenvalue weighted by atomic mass is 9.64. The van der Waals surface area contributed by atoms with E-state index in [9.17, 15) is 5.11 Å². The number of aliphatic hydroxyl groups is 1. The summed E-state index contributed by atoms with van der Waals surface area (Å²) >= 11 is 0. The van der Waals surface area contributed by atoms with Gasteiger partial charge in [-0.3, -0.25) is 0 Å². The lowest BCUT2D eigenvalue weighted by Crippen LogP contribution is -2.40. The second kappa shape index (κ2) is 18.2. The van der Waals surface area contributed by atoms with Gasteiger partial charge in [0.25, 0.3) is 0 Å².